The highest BCUT2D eigenvalue weighted by molar-refractivity contribution is 7.99. The highest BCUT2D eigenvalue weighted by Gasteiger charge is 2.26. The summed E-state index contributed by atoms with van der Waals surface area (Å²) in [4.78, 5) is 12.0. The van der Waals surface area contributed by atoms with Crippen molar-refractivity contribution in [2.45, 2.75) is 37.5 Å². The van der Waals surface area contributed by atoms with E-state index in [2.05, 4.69) is 12.2 Å². The molecule has 0 heterocycles. The van der Waals surface area contributed by atoms with Crippen molar-refractivity contribution in [1.82, 2.24) is 5.32 Å². The largest absolute Gasteiger partial charge is 0.504 e. The fourth-order valence-corrected chi connectivity index (χ4v) is 3.53. The number of aromatic hydroxyl groups is 2. The Morgan fingerprint density at radius 2 is 2.16 bits per heavy atom. The number of thioether (sulfide) groups is 1. The fraction of sp³-hybridized carbons (Fsp3) is 0.500. The average Bonchev–Trinajstić information content (AvgIpc) is 2.80. The third-order valence-corrected chi connectivity index (χ3v) is 4.59. The van der Waals surface area contributed by atoms with Crippen molar-refractivity contribution in [2.75, 3.05) is 5.75 Å². The molecule has 1 amide bonds. The Kier molecular flexibility index (Phi) is 4.58. The topological polar surface area (TPSA) is 69.6 Å². The van der Waals surface area contributed by atoms with E-state index in [0.29, 0.717) is 10.8 Å². The first-order valence-electron chi connectivity index (χ1n) is 6.54. The zero-order valence-electron chi connectivity index (χ0n) is 10.9. The van der Waals surface area contributed by atoms with Crippen LogP contribution in [0.3, 0.4) is 0 Å². The predicted molar refractivity (Wildman–Crippen MR) is 76.8 cm³/mol. The minimum Gasteiger partial charge on any atom is -0.504 e. The first-order chi connectivity index (χ1) is 9.10. The second-order valence-corrected chi connectivity index (χ2v) is 6.34. The first kappa shape index (κ1) is 14.1. The standard InChI is InChI=1S/C14H19NO3S/c1-2-19-11-5-4-10(8-11)15-14(18)9-3-6-12(16)13(17)7-9/h3,6-7,10-11,16-17H,2,4-5,8H2,1H3,(H,15,18). The molecule has 2 rings (SSSR count). The number of amides is 1. The molecule has 1 aromatic carbocycles. The molecule has 0 spiro atoms. The van der Waals surface area contributed by atoms with Crippen molar-refractivity contribution in [3.63, 3.8) is 0 Å². The van der Waals surface area contributed by atoms with Crippen molar-refractivity contribution >= 4 is 17.7 Å². The van der Waals surface area contributed by atoms with Crippen LogP contribution in [0.5, 0.6) is 11.5 Å². The van der Waals surface area contributed by atoms with Gasteiger partial charge in [0.25, 0.3) is 5.91 Å². The summed E-state index contributed by atoms with van der Waals surface area (Å²) in [6.45, 7) is 2.15. The van der Waals surface area contributed by atoms with Crippen molar-refractivity contribution in [3.05, 3.63) is 23.8 Å². The van der Waals surface area contributed by atoms with Gasteiger partial charge in [-0.2, -0.15) is 11.8 Å². The number of nitrogens with one attached hydrogen (secondary N) is 1. The Labute approximate surface area is 117 Å². The maximum Gasteiger partial charge on any atom is 0.251 e. The second-order valence-electron chi connectivity index (χ2n) is 4.76. The molecule has 5 heteroatoms. The zero-order chi connectivity index (χ0) is 13.8. The van der Waals surface area contributed by atoms with Gasteiger partial charge in [0.05, 0.1) is 0 Å². The summed E-state index contributed by atoms with van der Waals surface area (Å²) in [5, 5.41) is 22.2. The van der Waals surface area contributed by atoms with Crippen LogP contribution in [0.15, 0.2) is 18.2 Å². The third kappa shape index (κ3) is 3.56. The number of benzene rings is 1. The van der Waals surface area contributed by atoms with E-state index >= 15 is 0 Å². The molecule has 0 radical (unpaired) electrons. The van der Waals surface area contributed by atoms with E-state index in [1.54, 1.807) is 0 Å². The molecule has 1 aliphatic carbocycles. The van der Waals surface area contributed by atoms with Crippen LogP contribution in [0, 0.1) is 0 Å². The van der Waals surface area contributed by atoms with E-state index in [4.69, 9.17) is 0 Å². The number of carbonyl (C=O) groups excluding carboxylic acids is 1. The van der Waals surface area contributed by atoms with E-state index < -0.39 is 0 Å². The molecule has 0 aliphatic heterocycles. The van der Waals surface area contributed by atoms with Crippen molar-refractivity contribution in [2.24, 2.45) is 0 Å². The lowest BCUT2D eigenvalue weighted by molar-refractivity contribution is 0.0937. The van der Waals surface area contributed by atoms with Gasteiger partial charge in [0.2, 0.25) is 0 Å². The van der Waals surface area contributed by atoms with Gasteiger partial charge in [0, 0.05) is 16.9 Å². The first-order valence-corrected chi connectivity index (χ1v) is 7.59. The summed E-state index contributed by atoms with van der Waals surface area (Å²) in [6.07, 6.45) is 3.16. The number of hydrogen-bond acceptors (Lipinski definition) is 4. The third-order valence-electron chi connectivity index (χ3n) is 3.36. The van der Waals surface area contributed by atoms with Gasteiger partial charge in [-0.1, -0.05) is 6.92 Å². The van der Waals surface area contributed by atoms with Crippen molar-refractivity contribution in [3.8, 4) is 11.5 Å². The van der Waals surface area contributed by atoms with E-state index in [1.807, 2.05) is 11.8 Å². The molecule has 1 saturated carbocycles. The highest BCUT2D eigenvalue weighted by Crippen LogP contribution is 2.30. The lowest BCUT2D eigenvalue weighted by atomic mass is 10.1. The Bertz CT molecular complexity index is 464. The zero-order valence-corrected chi connectivity index (χ0v) is 11.7. The van der Waals surface area contributed by atoms with Gasteiger partial charge in [-0.05, 0) is 43.2 Å². The number of phenolic OH excluding ortho intramolecular Hbond substituents is 2. The molecule has 4 nitrogen and oxygen atoms in total. The molecule has 19 heavy (non-hydrogen) atoms. The minimum absolute atomic E-state index is 0.192. The van der Waals surface area contributed by atoms with Crippen LogP contribution in [0.2, 0.25) is 0 Å². The van der Waals surface area contributed by atoms with Crippen molar-refractivity contribution in [1.29, 1.82) is 0 Å². The minimum atomic E-state index is -0.265. The van der Waals surface area contributed by atoms with E-state index in [-0.39, 0.29) is 23.4 Å². The van der Waals surface area contributed by atoms with Gasteiger partial charge in [-0.15, -0.1) is 0 Å². The van der Waals surface area contributed by atoms with Gasteiger partial charge in [-0.25, -0.2) is 0 Å². The molecule has 0 aromatic heterocycles. The van der Waals surface area contributed by atoms with Gasteiger partial charge in [0.15, 0.2) is 11.5 Å². The van der Waals surface area contributed by atoms with Gasteiger partial charge < -0.3 is 15.5 Å². The molecule has 0 bridgehead atoms. The SMILES string of the molecule is CCSC1CCC(NC(=O)c2ccc(O)c(O)c2)C1. The molecular formula is C14H19NO3S. The molecule has 3 N–H and O–H groups in total. The monoisotopic (exact) mass is 281 g/mol. The molecule has 2 unspecified atom stereocenters. The predicted octanol–water partition coefficient (Wildman–Crippen LogP) is 2.50. The molecule has 104 valence electrons. The number of carbonyl (C=O) groups is 1. The van der Waals surface area contributed by atoms with Crippen LogP contribution in [0.1, 0.15) is 36.5 Å². The van der Waals surface area contributed by atoms with E-state index in [9.17, 15) is 15.0 Å². The number of hydrogen-bond donors (Lipinski definition) is 3. The Balaban J connectivity index is 1.92. The summed E-state index contributed by atoms with van der Waals surface area (Å²) in [6, 6.07) is 4.34. The highest BCUT2D eigenvalue weighted by atomic mass is 32.2. The van der Waals surface area contributed by atoms with Crippen LogP contribution in [-0.4, -0.2) is 33.2 Å². The van der Waals surface area contributed by atoms with Crippen LogP contribution in [0.4, 0.5) is 0 Å². The molecule has 1 fully saturated rings. The van der Waals surface area contributed by atoms with Crippen LogP contribution in [-0.2, 0) is 0 Å². The summed E-state index contributed by atoms with van der Waals surface area (Å²) in [5.74, 6) is 0.440. The van der Waals surface area contributed by atoms with E-state index in [1.165, 1.54) is 18.2 Å². The molecule has 0 saturated heterocycles. The quantitative estimate of drug-likeness (QED) is 0.742. The maximum absolute atomic E-state index is 12.0. The molecule has 1 aliphatic rings. The van der Waals surface area contributed by atoms with E-state index in [0.717, 1.165) is 25.0 Å². The number of rotatable bonds is 4. The smallest absolute Gasteiger partial charge is 0.251 e. The summed E-state index contributed by atoms with van der Waals surface area (Å²) < 4.78 is 0. The summed E-state index contributed by atoms with van der Waals surface area (Å²) in [5.41, 5.74) is 0.377. The van der Waals surface area contributed by atoms with Gasteiger partial charge in [-0.3, -0.25) is 4.79 Å². The summed E-state index contributed by atoms with van der Waals surface area (Å²) in [7, 11) is 0. The van der Waals surface area contributed by atoms with Gasteiger partial charge in [0.1, 0.15) is 0 Å². The normalized spacial score (nSPS) is 22.4. The maximum atomic E-state index is 12.0. The van der Waals surface area contributed by atoms with Crippen LogP contribution < -0.4 is 5.32 Å². The summed E-state index contributed by atoms with van der Waals surface area (Å²) >= 11 is 1.95. The van der Waals surface area contributed by atoms with Crippen molar-refractivity contribution < 1.29 is 15.0 Å². The fourth-order valence-electron chi connectivity index (χ4n) is 2.39. The lowest BCUT2D eigenvalue weighted by Crippen LogP contribution is -2.33. The number of phenols is 2. The Hall–Kier alpha value is -1.36. The molecule has 2 atom stereocenters. The molecule has 1 aromatic rings. The molecular weight excluding hydrogens is 262 g/mol. The lowest BCUT2D eigenvalue weighted by Gasteiger charge is -2.13. The van der Waals surface area contributed by atoms with Gasteiger partial charge >= 0.3 is 0 Å². The Morgan fingerprint density at radius 1 is 1.37 bits per heavy atom. The second kappa shape index (κ2) is 6.19. The average molecular weight is 281 g/mol. The van der Waals surface area contributed by atoms with Crippen LogP contribution >= 0.6 is 11.8 Å². The van der Waals surface area contributed by atoms with Crippen LogP contribution in [0.25, 0.3) is 0 Å². The Morgan fingerprint density at radius 3 is 2.84 bits per heavy atom.